The quantitative estimate of drug-likeness (QED) is 0.560. The van der Waals surface area contributed by atoms with Gasteiger partial charge in [0.15, 0.2) is 5.82 Å². The van der Waals surface area contributed by atoms with Gasteiger partial charge in [0, 0.05) is 23.7 Å². The van der Waals surface area contributed by atoms with Crippen LogP contribution in [-0.2, 0) is 12.8 Å². The Morgan fingerprint density at radius 2 is 1.95 bits per heavy atom. The number of nitrogens with one attached hydrogen (secondary N) is 2. The van der Waals surface area contributed by atoms with E-state index < -0.39 is 0 Å². The van der Waals surface area contributed by atoms with E-state index in [1.54, 1.807) is 12.1 Å². The van der Waals surface area contributed by atoms with E-state index in [1.807, 2.05) is 10.6 Å². The first kappa shape index (κ1) is 12.8. The molecule has 0 atom stereocenters. The summed E-state index contributed by atoms with van der Waals surface area (Å²) in [6.07, 6.45) is 3.11. The molecule has 0 spiro atoms. The highest BCUT2D eigenvalue weighted by Crippen LogP contribution is 2.23. The summed E-state index contributed by atoms with van der Waals surface area (Å²) in [6.45, 7) is 0. The number of aromatic nitrogens is 10. The van der Waals surface area contributed by atoms with Gasteiger partial charge in [0.2, 0.25) is 5.82 Å². The third-order valence-corrected chi connectivity index (χ3v) is 3.45. The monoisotopic (exact) mass is 316 g/mol. The Morgan fingerprint density at radius 3 is 2.73 bits per heavy atom. The van der Waals surface area contributed by atoms with E-state index in [1.165, 1.54) is 0 Å². The molecule has 0 bridgehead atoms. The fourth-order valence-corrected chi connectivity index (χ4v) is 2.42. The molecule has 4 rings (SSSR count). The summed E-state index contributed by atoms with van der Waals surface area (Å²) in [5.41, 5.74) is 2.30. The molecule has 2 N–H and O–H groups in total. The van der Waals surface area contributed by atoms with Crippen molar-refractivity contribution in [1.82, 2.24) is 50.6 Å². The van der Waals surface area contributed by atoms with Crippen molar-refractivity contribution in [2.75, 3.05) is 0 Å². The van der Waals surface area contributed by atoms with Gasteiger partial charge >= 0.3 is 0 Å². The Labute approximate surface area is 127 Å². The molecule has 4 heterocycles. The molecule has 110 valence electrons. The maximum absolute atomic E-state index is 6.03. The average molecular weight is 317 g/mol. The van der Waals surface area contributed by atoms with Gasteiger partial charge in [-0.15, -0.1) is 20.4 Å². The maximum atomic E-state index is 6.03. The number of aryl methyl sites for hydroxylation is 2. The SMILES string of the molecule is Clc1ccn2c(CCc3nn[nH]n3)c(-c3nn[nH]n3)nc2c1. The Kier molecular flexibility index (Phi) is 3.00. The molecular formula is C11H9ClN10. The molecule has 0 fully saturated rings. The molecular weight excluding hydrogens is 308 g/mol. The van der Waals surface area contributed by atoms with Crippen LogP contribution in [0.2, 0.25) is 5.02 Å². The molecule has 0 aromatic carbocycles. The number of H-pyrrole nitrogens is 2. The van der Waals surface area contributed by atoms with Gasteiger partial charge in [-0.2, -0.15) is 10.4 Å². The van der Waals surface area contributed by atoms with E-state index in [-0.39, 0.29) is 0 Å². The summed E-state index contributed by atoms with van der Waals surface area (Å²) in [5.74, 6) is 1.06. The number of tetrazole rings is 2. The molecule has 4 aromatic heterocycles. The van der Waals surface area contributed by atoms with Crippen molar-refractivity contribution in [2.45, 2.75) is 12.8 Å². The van der Waals surface area contributed by atoms with Crippen molar-refractivity contribution in [3.63, 3.8) is 0 Å². The van der Waals surface area contributed by atoms with Crippen LogP contribution in [0.4, 0.5) is 0 Å². The van der Waals surface area contributed by atoms with Gasteiger partial charge in [-0.25, -0.2) is 4.98 Å². The first-order valence-corrected chi connectivity index (χ1v) is 6.81. The number of halogens is 1. The van der Waals surface area contributed by atoms with Crippen LogP contribution in [0.5, 0.6) is 0 Å². The number of hydrogen-bond donors (Lipinski definition) is 2. The van der Waals surface area contributed by atoms with Crippen LogP contribution >= 0.6 is 11.6 Å². The van der Waals surface area contributed by atoms with E-state index in [9.17, 15) is 0 Å². The van der Waals surface area contributed by atoms with Crippen LogP contribution in [0.3, 0.4) is 0 Å². The van der Waals surface area contributed by atoms with Gasteiger partial charge in [-0.05, 0) is 17.7 Å². The second-order valence-corrected chi connectivity index (χ2v) is 4.98. The third kappa shape index (κ3) is 2.19. The molecule has 0 radical (unpaired) electrons. The number of rotatable bonds is 4. The molecule has 4 aromatic rings. The molecule has 0 aliphatic rings. The van der Waals surface area contributed by atoms with Crippen LogP contribution < -0.4 is 0 Å². The van der Waals surface area contributed by atoms with Crippen molar-refractivity contribution >= 4 is 17.2 Å². The normalized spacial score (nSPS) is 11.3. The predicted octanol–water partition coefficient (Wildman–Crippen LogP) is 0.466. The lowest BCUT2D eigenvalue weighted by molar-refractivity contribution is 0.832. The molecule has 0 saturated heterocycles. The van der Waals surface area contributed by atoms with Gasteiger partial charge in [0.05, 0.1) is 5.69 Å². The van der Waals surface area contributed by atoms with Crippen LogP contribution in [0, 0.1) is 0 Å². The summed E-state index contributed by atoms with van der Waals surface area (Å²) < 4.78 is 1.94. The van der Waals surface area contributed by atoms with E-state index in [4.69, 9.17) is 11.6 Å². The second-order valence-electron chi connectivity index (χ2n) is 4.54. The number of nitrogens with zero attached hydrogens (tertiary/aromatic N) is 8. The van der Waals surface area contributed by atoms with Crippen molar-refractivity contribution in [3.05, 3.63) is 34.9 Å². The fourth-order valence-electron chi connectivity index (χ4n) is 2.27. The summed E-state index contributed by atoms with van der Waals surface area (Å²) in [7, 11) is 0. The minimum atomic E-state index is 0.433. The first-order valence-electron chi connectivity index (χ1n) is 6.44. The van der Waals surface area contributed by atoms with Gasteiger partial charge in [-0.3, -0.25) is 0 Å². The lowest BCUT2D eigenvalue weighted by Gasteiger charge is -2.01. The van der Waals surface area contributed by atoms with Gasteiger partial charge in [-0.1, -0.05) is 16.8 Å². The zero-order valence-electron chi connectivity index (χ0n) is 11.1. The van der Waals surface area contributed by atoms with Crippen LogP contribution in [0.15, 0.2) is 18.3 Å². The zero-order chi connectivity index (χ0) is 14.9. The second kappa shape index (κ2) is 5.15. The van der Waals surface area contributed by atoms with Crippen LogP contribution in [-0.4, -0.2) is 50.6 Å². The Balaban J connectivity index is 1.80. The highest BCUT2D eigenvalue weighted by Gasteiger charge is 2.18. The van der Waals surface area contributed by atoms with Crippen molar-refractivity contribution in [2.24, 2.45) is 0 Å². The molecule has 11 heteroatoms. The Hall–Kier alpha value is -2.88. The van der Waals surface area contributed by atoms with Crippen LogP contribution in [0.25, 0.3) is 17.2 Å². The summed E-state index contributed by atoms with van der Waals surface area (Å²) >= 11 is 6.03. The summed E-state index contributed by atoms with van der Waals surface area (Å²) in [5, 5.41) is 28.5. The van der Waals surface area contributed by atoms with E-state index in [2.05, 4.69) is 46.2 Å². The molecule has 0 saturated carbocycles. The lowest BCUT2D eigenvalue weighted by Crippen LogP contribution is -2.00. The third-order valence-electron chi connectivity index (χ3n) is 3.22. The van der Waals surface area contributed by atoms with Crippen LogP contribution in [0.1, 0.15) is 11.5 Å². The smallest absolute Gasteiger partial charge is 0.224 e. The Bertz CT molecular complexity index is 895. The zero-order valence-corrected chi connectivity index (χ0v) is 11.9. The fraction of sp³-hybridized carbons (Fsp3) is 0.182. The topological polar surface area (TPSA) is 126 Å². The van der Waals surface area contributed by atoms with Crippen molar-refractivity contribution in [1.29, 1.82) is 0 Å². The van der Waals surface area contributed by atoms with Gasteiger partial charge in [0.25, 0.3) is 0 Å². The molecule has 0 aliphatic heterocycles. The predicted molar refractivity (Wildman–Crippen MR) is 75.0 cm³/mol. The average Bonchev–Trinajstić information content (AvgIpc) is 3.25. The number of imidazole rings is 1. The summed E-state index contributed by atoms with van der Waals surface area (Å²) in [6, 6.07) is 3.58. The standard InChI is InChI=1S/C11H9ClN10/c12-6-3-4-22-7(1-2-8-14-18-19-15-8)10(13-9(22)5-6)11-16-20-21-17-11/h3-5H,1-2H2,(H,14,15,18,19)(H,16,17,20,21). The molecule has 0 unspecified atom stereocenters. The van der Waals surface area contributed by atoms with Gasteiger partial charge in [0.1, 0.15) is 11.3 Å². The number of pyridine rings is 1. The van der Waals surface area contributed by atoms with E-state index in [0.29, 0.717) is 35.2 Å². The lowest BCUT2D eigenvalue weighted by atomic mass is 10.2. The number of hydrogen-bond acceptors (Lipinski definition) is 7. The van der Waals surface area contributed by atoms with Gasteiger partial charge < -0.3 is 4.40 Å². The number of fused-ring (bicyclic) bond motifs is 1. The molecule has 0 aliphatic carbocycles. The molecule has 10 nitrogen and oxygen atoms in total. The maximum Gasteiger partial charge on any atom is 0.224 e. The van der Waals surface area contributed by atoms with E-state index >= 15 is 0 Å². The highest BCUT2D eigenvalue weighted by atomic mass is 35.5. The summed E-state index contributed by atoms with van der Waals surface area (Å²) in [4.78, 5) is 4.55. The highest BCUT2D eigenvalue weighted by molar-refractivity contribution is 6.30. The minimum Gasteiger partial charge on any atom is -0.303 e. The van der Waals surface area contributed by atoms with Crippen molar-refractivity contribution in [3.8, 4) is 11.5 Å². The molecule has 22 heavy (non-hydrogen) atoms. The first-order chi connectivity index (χ1) is 10.8. The van der Waals surface area contributed by atoms with Crippen molar-refractivity contribution < 1.29 is 0 Å². The number of aromatic amines is 2. The Morgan fingerprint density at radius 1 is 1.09 bits per heavy atom. The largest absolute Gasteiger partial charge is 0.303 e. The molecule has 0 amide bonds. The van der Waals surface area contributed by atoms with E-state index in [0.717, 1.165) is 11.3 Å². The minimum absolute atomic E-state index is 0.433.